The molecule has 4 heteroatoms. The van der Waals surface area contributed by atoms with Gasteiger partial charge < -0.3 is 14.4 Å². The lowest BCUT2D eigenvalue weighted by atomic mass is 10.2. The topological polar surface area (TPSA) is 24.9 Å². The molecule has 1 aliphatic heterocycles. The molecule has 0 atom stereocenters. The van der Waals surface area contributed by atoms with E-state index in [0.29, 0.717) is 0 Å². The van der Waals surface area contributed by atoms with Crippen LogP contribution in [0.2, 0.25) is 0 Å². The zero-order valence-electron chi connectivity index (χ0n) is 13.6. The molecule has 0 spiro atoms. The lowest BCUT2D eigenvalue weighted by molar-refractivity contribution is 0.0729. The van der Waals surface area contributed by atoms with Gasteiger partial charge in [0.05, 0.1) is 6.61 Å². The first-order valence-corrected chi connectivity index (χ1v) is 8.38. The van der Waals surface area contributed by atoms with Crippen LogP contribution in [-0.2, 0) is 9.47 Å². The van der Waals surface area contributed by atoms with Crippen LogP contribution in [0.1, 0.15) is 39.0 Å². The number of hydrogen-bond donors (Lipinski definition) is 0. The quantitative estimate of drug-likeness (QED) is 0.514. The molecule has 0 N–H and O–H groups in total. The maximum absolute atomic E-state index is 5.71. The van der Waals surface area contributed by atoms with Crippen LogP contribution < -0.4 is 0 Å². The molecule has 1 saturated heterocycles. The van der Waals surface area contributed by atoms with Crippen LogP contribution in [0.4, 0.5) is 0 Å². The number of methoxy groups -OCH3 is 1. The maximum Gasteiger partial charge on any atom is 0.0593 e. The average Bonchev–Trinajstić information content (AvgIpc) is 2.49. The second kappa shape index (κ2) is 12.6. The molecular formula is C16H34N2O2. The van der Waals surface area contributed by atoms with Crippen LogP contribution in [0.5, 0.6) is 0 Å². The maximum atomic E-state index is 5.71. The van der Waals surface area contributed by atoms with Gasteiger partial charge in [-0.1, -0.05) is 13.3 Å². The van der Waals surface area contributed by atoms with Crippen molar-refractivity contribution in [2.24, 2.45) is 0 Å². The summed E-state index contributed by atoms with van der Waals surface area (Å²) in [5, 5.41) is 0. The Hall–Kier alpha value is -0.160. The van der Waals surface area contributed by atoms with Gasteiger partial charge >= 0.3 is 0 Å². The van der Waals surface area contributed by atoms with Gasteiger partial charge in [0.1, 0.15) is 0 Å². The second-order valence-corrected chi connectivity index (χ2v) is 5.70. The molecular weight excluding hydrogens is 252 g/mol. The van der Waals surface area contributed by atoms with Crippen LogP contribution in [-0.4, -0.2) is 76.0 Å². The van der Waals surface area contributed by atoms with Gasteiger partial charge in [0.2, 0.25) is 0 Å². The third-order valence-corrected chi connectivity index (χ3v) is 3.98. The fourth-order valence-electron chi connectivity index (χ4n) is 2.54. The molecule has 0 radical (unpaired) electrons. The molecule has 0 unspecified atom stereocenters. The van der Waals surface area contributed by atoms with Gasteiger partial charge in [-0.05, 0) is 32.2 Å². The molecule has 0 saturated carbocycles. The number of ether oxygens (including phenoxy) is 2. The summed E-state index contributed by atoms with van der Waals surface area (Å²) in [4.78, 5) is 5.13. The summed E-state index contributed by atoms with van der Waals surface area (Å²) in [6.07, 6.45) is 6.17. The van der Waals surface area contributed by atoms with Crippen LogP contribution >= 0.6 is 0 Å². The zero-order chi connectivity index (χ0) is 14.5. The van der Waals surface area contributed by atoms with E-state index < -0.39 is 0 Å². The molecule has 0 aliphatic carbocycles. The Morgan fingerprint density at radius 2 is 1.40 bits per heavy atom. The molecule has 1 heterocycles. The van der Waals surface area contributed by atoms with E-state index in [9.17, 15) is 0 Å². The number of nitrogens with zero attached hydrogens (tertiary/aromatic N) is 2. The van der Waals surface area contributed by atoms with Crippen molar-refractivity contribution in [2.75, 3.05) is 66.2 Å². The van der Waals surface area contributed by atoms with Gasteiger partial charge in [-0.3, -0.25) is 4.90 Å². The van der Waals surface area contributed by atoms with Gasteiger partial charge in [-0.2, -0.15) is 0 Å². The van der Waals surface area contributed by atoms with Crippen molar-refractivity contribution in [3.05, 3.63) is 0 Å². The minimum atomic E-state index is 0.877. The molecule has 0 aromatic carbocycles. The number of unbranched alkanes of at least 4 members (excludes halogenated alkanes) is 3. The van der Waals surface area contributed by atoms with Crippen LogP contribution in [0, 0.1) is 0 Å². The van der Waals surface area contributed by atoms with Gasteiger partial charge in [-0.25, -0.2) is 0 Å². The molecule has 1 aliphatic rings. The molecule has 20 heavy (non-hydrogen) atoms. The van der Waals surface area contributed by atoms with E-state index in [2.05, 4.69) is 16.7 Å². The average molecular weight is 286 g/mol. The van der Waals surface area contributed by atoms with Gasteiger partial charge in [0.25, 0.3) is 0 Å². The lowest BCUT2D eigenvalue weighted by Gasteiger charge is -2.34. The Balaban J connectivity index is 1.86. The predicted molar refractivity (Wildman–Crippen MR) is 84.3 cm³/mol. The highest BCUT2D eigenvalue weighted by molar-refractivity contribution is 4.71. The smallest absolute Gasteiger partial charge is 0.0593 e. The highest BCUT2D eigenvalue weighted by atomic mass is 16.5. The van der Waals surface area contributed by atoms with Crippen LogP contribution in [0.25, 0.3) is 0 Å². The van der Waals surface area contributed by atoms with Crippen molar-refractivity contribution in [3.63, 3.8) is 0 Å². The standard InChI is InChI=1S/C16H34N2O2/c1-3-4-8-17-9-11-18(12-10-17)13-16-20-15-7-5-6-14-19-2/h3-16H2,1-2H3. The first kappa shape index (κ1) is 17.9. The van der Waals surface area contributed by atoms with Crippen molar-refractivity contribution in [1.29, 1.82) is 0 Å². The van der Waals surface area contributed by atoms with E-state index in [1.807, 2.05) is 0 Å². The van der Waals surface area contributed by atoms with Crippen molar-refractivity contribution in [3.8, 4) is 0 Å². The monoisotopic (exact) mass is 286 g/mol. The number of hydrogen-bond acceptors (Lipinski definition) is 4. The molecule has 0 amide bonds. The summed E-state index contributed by atoms with van der Waals surface area (Å²) in [6, 6.07) is 0. The highest BCUT2D eigenvalue weighted by Crippen LogP contribution is 2.03. The minimum absolute atomic E-state index is 0.877. The summed E-state index contributed by atoms with van der Waals surface area (Å²) >= 11 is 0. The Morgan fingerprint density at radius 3 is 2.05 bits per heavy atom. The third kappa shape index (κ3) is 8.90. The Kier molecular flexibility index (Phi) is 11.2. The number of rotatable bonds is 12. The van der Waals surface area contributed by atoms with Crippen LogP contribution in [0.15, 0.2) is 0 Å². The van der Waals surface area contributed by atoms with E-state index in [4.69, 9.17) is 9.47 Å². The SMILES string of the molecule is CCCCN1CCN(CCOCCCCCOC)CC1. The highest BCUT2D eigenvalue weighted by Gasteiger charge is 2.15. The van der Waals surface area contributed by atoms with Crippen molar-refractivity contribution in [1.82, 2.24) is 9.80 Å². The van der Waals surface area contributed by atoms with E-state index >= 15 is 0 Å². The molecule has 1 rings (SSSR count). The fourth-order valence-corrected chi connectivity index (χ4v) is 2.54. The van der Waals surface area contributed by atoms with E-state index in [0.717, 1.165) is 39.2 Å². The summed E-state index contributed by atoms with van der Waals surface area (Å²) in [5.41, 5.74) is 0. The Bertz CT molecular complexity index is 207. The lowest BCUT2D eigenvalue weighted by Crippen LogP contribution is -2.47. The Morgan fingerprint density at radius 1 is 0.750 bits per heavy atom. The number of piperazine rings is 1. The molecule has 120 valence electrons. The zero-order valence-corrected chi connectivity index (χ0v) is 13.6. The van der Waals surface area contributed by atoms with E-state index in [-0.39, 0.29) is 0 Å². The minimum Gasteiger partial charge on any atom is -0.385 e. The Labute approximate surface area is 125 Å². The molecule has 0 bridgehead atoms. The normalized spacial score (nSPS) is 17.7. The summed E-state index contributed by atoms with van der Waals surface area (Å²) < 4.78 is 10.7. The molecule has 0 aromatic heterocycles. The summed E-state index contributed by atoms with van der Waals surface area (Å²) in [5.74, 6) is 0. The molecule has 0 aromatic rings. The fraction of sp³-hybridized carbons (Fsp3) is 1.00. The first-order valence-electron chi connectivity index (χ1n) is 8.38. The third-order valence-electron chi connectivity index (χ3n) is 3.98. The molecule has 4 nitrogen and oxygen atoms in total. The predicted octanol–water partition coefficient (Wildman–Crippen LogP) is 2.24. The van der Waals surface area contributed by atoms with Gasteiger partial charge in [0, 0.05) is 53.0 Å². The van der Waals surface area contributed by atoms with Crippen molar-refractivity contribution >= 4 is 0 Å². The van der Waals surface area contributed by atoms with Crippen molar-refractivity contribution in [2.45, 2.75) is 39.0 Å². The molecule has 1 fully saturated rings. The van der Waals surface area contributed by atoms with Crippen molar-refractivity contribution < 1.29 is 9.47 Å². The van der Waals surface area contributed by atoms with E-state index in [1.165, 1.54) is 52.0 Å². The van der Waals surface area contributed by atoms with E-state index in [1.54, 1.807) is 7.11 Å². The summed E-state index contributed by atoms with van der Waals surface area (Å²) in [6.45, 7) is 12.2. The largest absolute Gasteiger partial charge is 0.385 e. The summed E-state index contributed by atoms with van der Waals surface area (Å²) in [7, 11) is 1.76. The first-order chi connectivity index (χ1) is 9.86. The van der Waals surface area contributed by atoms with Gasteiger partial charge in [-0.15, -0.1) is 0 Å². The van der Waals surface area contributed by atoms with Gasteiger partial charge in [0.15, 0.2) is 0 Å². The van der Waals surface area contributed by atoms with Crippen LogP contribution in [0.3, 0.4) is 0 Å². The second-order valence-electron chi connectivity index (χ2n) is 5.70.